The van der Waals surface area contributed by atoms with Gasteiger partial charge >= 0.3 is 0 Å². The molecule has 9 heteroatoms. The fourth-order valence-corrected chi connectivity index (χ4v) is 4.75. The van der Waals surface area contributed by atoms with E-state index in [9.17, 15) is 9.59 Å². The number of hydrazine groups is 1. The van der Waals surface area contributed by atoms with Gasteiger partial charge in [0.2, 0.25) is 5.91 Å². The van der Waals surface area contributed by atoms with E-state index in [1.807, 2.05) is 35.3 Å². The van der Waals surface area contributed by atoms with Crippen LogP contribution in [0.5, 0.6) is 5.75 Å². The van der Waals surface area contributed by atoms with Crippen LogP contribution in [-0.4, -0.2) is 43.2 Å². The summed E-state index contributed by atoms with van der Waals surface area (Å²) in [5.74, 6) is 0.106. The first-order valence-corrected chi connectivity index (χ1v) is 11.7. The standard InChI is InChI=1S/C26H33N5O4/c1-26(2)15-35-13-12-20(26)31-23(27)21(24(28)32)22(30-31)17-10-8-16(9-11-17)14-29-25(33)18-6-4-5-7-19(18)34-3/h4-11,20,22,30H,12-15,27H2,1-3H3,(H2,28,32)(H,29,33). The Morgan fingerprint density at radius 2 is 1.91 bits per heavy atom. The molecule has 2 aliphatic heterocycles. The van der Waals surface area contributed by atoms with E-state index in [0.29, 0.717) is 42.5 Å². The third kappa shape index (κ3) is 4.96. The largest absolute Gasteiger partial charge is 0.496 e. The number of nitrogens with one attached hydrogen (secondary N) is 2. The zero-order valence-electron chi connectivity index (χ0n) is 20.3. The van der Waals surface area contributed by atoms with Gasteiger partial charge < -0.3 is 26.3 Å². The number of para-hydroxylation sites is 1. The van der Waals surface area contributed by atoms with Crippen molar-refractivity contribution in [3.05, 3.63) is 76.6 Å². The van der Waals surface area contributed by atoms with Gasteiger partial charge in [-0.2, -0.15) is 0 Å². The number of hydrogen-bond acceptors (Lipinski definition) is 7. The number of ether oxygens (including phenoxy) is 2. The highest BCUT2D eigenvalue weighted by Gasteiger charge is 2.44. The Bertz CT molecular complexity index is 1130. The van der Waals surface area contributed by atoms with E-state index in [2.05, 4.69) is 24.6 Å². The lowest BCUT2D eigenvalue weighted by Crippen LogP contribution is -2.54. The Hall–Kier alpha value is -3.56. The number of rotatable bonds is 7. The SMILES string of the molecule is COc1ccccc1C(=O)NCc1ccc(C2NN(C3CCOCC3(C)C)C(N)=C2C(N)=O)cc1. The minimum atomic E-state index is -0.555. The second kappa shape index (κ2) is 9.97. The molecule has 9 nitrogen and oxygen atoms in total. The molecular weight excluding hydrogens is 446 g/mol. The highest BCUT2D eigenvalue weighted by molar-refractivity contribution is 5.97. The topological polar surface area (TPSA) is 132 Å². The molecule has 0 bridgehead atoms. The first kappa shape index (κ1) is 24.6. The Labute approximate surface area is 205 Å². The second-order valence-corrected chi connectivity index (χ2v) is 9.57. The molecule has 0 saturated carbocycles. The van der Waals surface area contributed by atoms with Crippen molar-refractivity contribution in [1.82, 2.24) is 15.8 Å². The van der Waals surface area contributed by atoms with Crippen LogP contribution in [0.4, 0.5) is 0 Å². The zero-order chi connectivity index (χ0) is 25.2. The molecule has 4 rings (SSSR count). The number of carbonyl (C=O) groups is 2. The Morgan fingerprint density at radius 3 is 2.57 bits per heavy atom. The fourth-order valence-electron chi connectivity index (χ4n) is 4.75. The summed E-state index contributed by atoms with van der Waals surface area (Å²) < 4.78 is 10.9. The van der Waals surface area contributed by atoms with Gasteiger partial charge in [0, 0.05) is 18.6 Å². The third-order valence-corrected chi connectivity index (χ3v) is 6.70. The summed E-state index contributed by atoms with van der Waals surface area (Å²) in [6, 6.07) is 14.3. The van der Waals surface area contributed by atoms with E-state index in [-0.39, 0.29) is 17.4 Å². The summed E-state index contributed by atoms with van der Waals surface area (Å²) >= 11 is 0. The van der Waals surface area contributed by atoms with Crippen LogP contribution in [0, 0.1) is 5.41 Å². The minimum Gasteiger partial charge on any atom is -0.496 e. The van der Waals surface area contributed by atoms with Crippen molar-refractivity contribution in [2.24, 2.45) is 16.9 Å². The maximum Gasteiger partial charge on any atom is 0.255 e. The monoisotopic (exact) mass is 479 g/mol. The van der Waals surface area contributed by atoms with Crippen LogP contribution in [0.3, 0.4) is 0 Å². The number of amides is 2. The first-order chi connectivity index (χ1) is 16.7. The smallest absolute Gasteiger partial charge is 0.255 e. The van der Waals surface area contributed by atoms with Gasteiger partial charge in [0.1, 0.15) is 11.6 Å². The molecule has 2 amide bonds. The highest BCUT2D eigenvalue weighted by Crippen LogP contribution is 2.38. The summed E-state index contributed by atoms with van der Waals surface area (Å²) in [5, 5.41) is 4.80. The molecule has 2 atom stereocenters. The average Bonchev–Trinajstić information content (AvgIpc) is 3.19. The molecule has 2 aromatic carbocycles. The molecule has 0 aliphatic carbocycles. The van der Waals surface area contributed by atoms with E-state index < -0.39 is 11.9 Å². The van der Waals surface area contributed by atoms with Crippen molar-refractivity contribution in [2.75, 3.05) is 20.3 Å². The molecule has 0 radical (unpaired) electrons. The van der Waals surface area contributed by atoms with Crippen molar-refractivity contribution in [3.63, 3.8) is 0 Å². The van der Waals surface area contributed by atoms with Gasteiger partial charge in [0.05, 0.1) is 36.9 Å². The van der Waals surface area contributed by atoms with Gasteiger partial charge in [0.15, 0.2) is 0 Å². The molecule has 2 unspecified atom stereocenters. The lowest BCUT2D eigenvalue weighted by Gasteiger charge is -2.44. The van der Waals surface area contributed by atoms with E-state index in [1.54, 1.807) is 18.2 Å². The molecule has 6 N–H and O–H groups in total. The third-order valence-electron chi connectivity index (χ3n) is 6.70. The molecule has 0 spiro atoms. The predicted molar refractivity (Wildman–Crippen MR) is 132 cm³/mol. The van der Waals surface area contributed by atoms with Gasteiger partial charge in [-0.25, -0.2) is 5.43 Å². The van der Waals surface area contributed by atoms with Crippen molar-refractivity contribution >= 4 is 11.8 Å². The van der Waals surface area contributed by atoms with Crippen LogP contribution in [-0.2, 0) is 16.1 Å². The molecule has 1 saturated heterocycles. The summed E-state index contributed by atoms with van der Waals surface area (Å²) in [6.45, 7) is 5.83. The van der Waals surface area contributed by atoms with E-state index in [1.165, 1.54) is 7.11 Å². The van der Waals surface area contributed by atoms with E-state index in [0.717, 1.165) is 17.5 Å². The highest BCUT2D eigenvalue weighted by atomic mass is 16.5. The van der Waals surface area contributed by atoms with Crippen molar-refractivity contribution in [1.29, 1.82) is 0 Å². The van der Waals surface area contributed by atoms with Crippen LogP contribution in [0.1, 0.15) is 47.8 Å². The van der Waals surface area contributed by atoms with Gasteiger partial charge in [0.25, 0.3) is 5.91 Å². The molecule has 2 aromatic rings. The molecule has 186 valence electrons. The summed E-state index contributed by atoms with van der Waals surface area (Å²) in [5.41, 5.74) is 18.0. The van der Waals surface area contributed by atoms with Crippen LogP contribution in [0.15, 0.2) is 59.9 Å². The number of carbonyl (C=O) groups excluding carboxylic acids is 2. The fraction of sp³-hybridized carbons (Fsp3) is 0.385. The molecule has 35 heavy (non-hydrogen) atoms. The van der Waals surface area contributed by atoms with Gasteiger partial charge in [-0.1, -0.05) is 50.2 Å². The summed E-state index contributed by atoms with van der Waals surface area (Å²) in [4.78, 5) is 24.9. The quantitative estimate of drug-likeness (QED) is 0.477. The minimum absolute atomic E-state index is 0.0556. The number of hydrogen-bond donors (Lipinski definition) is 4. The van der Waals surface area contributed by atoms with Crippen molar-refractivity contribution in [2.45, 2.75) is 38.9 Å². The normalized spacial score (nSPS) is 21.6. The predicted octanol–water partition coefficient (Wildman–Crippen LogP) is 1.96. The average molecular weight is 480 g/mol. The van der Waals surface area contributed by atoms with Crippen molar-refractivity contribution < 1.29 is 19.1 Å². The Kier molecular flexibility index (Phi) is 7.00. The number of benzene rings is 2. The molecular formula is C26H33N5O4. The number of primary amides is 1. The van der Waals surface area contributed by atoms with Gasteiger partial charge in [-0.05, 0) is 29.7 Å². The summed E-state index contributed by atoms with van der Waals surface area (Å²) in [7, 11) is 1.54. The van der Waals surface area contributed by atoms with Crippen LogP contribution in [0.2, 0.25) is 0 Å². The van der Waals surface area contributed by atoms with E-state index in [4.69, 9.17) is 20.9 Å². The maximum atomic E-state index is 12.6. The van der Waals surface area contributed by atoms with Gasteiger partial charge in [-0.3, -0.25) is 14.6 Å². The zero-order valence-corrected chi connectivity index (χ0v) is 20.3. The van der Waals surface area contributed by atoms with E-state index >= 15 is 0 Å². The number of methoxy groups -OCH3 is 1. The molecule has 2 aliphatic rings. The lowest BCUT2D eigenvalue weighted by atomic mass is 9.81. The summed E-state index contributed by atoms with van der Waals surface area (Å²) in [6.07, 6.45) is 0.782. The first-order valence-electron chi connectivity index (χ1n) is 11.7. The Morgan fingerprint density at radius 1 is 1.20 bits per heavy atom. The van der Waals surface area contributed by atoms with Crippen LogP contribution in [0.25, 0.3) is 0 Å². The van der Waals surface area contributed by atoms with Crippen LogP contribution < -0.4 is 26.9 Å². The maximum absolute atomic E-state index is 12.6. The van der Waals surface area contributed by atoms with Crippen molar-refractivity contribution in [3.8, 4) is 5.75 Å². The molecule has 2 heterocycles. The number of nitrogens with two attached hydrogens (primary N) is 2. The molecule has 1 fully saturated rings. The lowest BCUT2D eigenvalue weighted by molar-refractivity contribution is -0.114. The van der Waals surface area contributed by atoms with Crippen LogP contribution >= 0.6 is 0 Å². The Balaban J connectivity index is 1.48. The number of nitrogens with zero attached hydrogens (tertiary/aromatic N) is 1. The molecule has 0 aromatic heterocycles. The second-order valence-electron chi connectivity index (χ2n) is 9.57. The van der Waals surface area contributed by atoms with Gasteiger partial charge in [-0.15, -0.1) is 0 Å².